The molecule has 24 heavy (non-hydrogen) atoms. The van der Waals surface area contributed by atoms with Crippen LogP contribution < -0.4 is 5.32 Å². The van der Waals surface area contributed by atoms with Gasteiger partial charge in [-0.15, -0.1) is 22.7 Å². The Morgan fingerprint density at radius 3 is 3.08 bits per heavy atom. The zero-order valence-corrected chi connectivity index (χ0v) is 16.8. The third-order valence-electron chi connectivity index (χ3n) is 4.08. The Kier molecular flexibility index (Phi) is 5.10. The maximum atomic E-state index is 6.26. The molecule has 0 aromatic carbocycles. The van der Waals surface area contributed by atoms with Crippen LogP contribution in [0.25, 0.3) is 10.2 Å². The number of nitrogens with zero attached hydrogens (tertiary/aromatic N) is 1. The Labute approximate surface area is 162 Å². The van der Waals surface area contributed by atoms with Crippen molar-refractivity contribution in [3.63, 3.8) is 0 Å². The monoisotopic (exact) mass is 442 g/mol. The summed E-state index contributed by atoms with van der Waals surface area (Å²) in [7, 11) is 0. The van der Waals surface area contributed by atoms with Crippen LogP contribution in [-0.2, 0) is 11.3 Å². The van der Waals surface area contributed by atoms with E-state index >= 15 is 0 Å². The van der Waals surface area contributed by atoms with Crippen LogP contribution in [0.1, 0.15) is 35.1 Å². The van der Waals surface area contributed by atoms with E-state index in [0.717, 1.165) is 46.4 Å². The molecule has 0 amide bonds. The van der Waals surface area contributed by atoms with Gasteiger partial charge in [-0.2, -0.15) is 0 Å². The molecular weight excluding hydrogens is 428 g/mol. The first-order chi connectivity index (χ1) is 11.7. The molecule has 0 radical (unpaired) electrons. The van der Waals surface area contributed by atoms with E-state index in [1.807, 2.05) is 6.07 Å². The number of fused-ring (bicyclic) bond motifs is 1. The number of hydrogen-bond donors (Lipinski definition) is 1. The molecule has 7 heteroatoms. The van der Waals surface area contributed by atoms with Gasteiger partial charge in [0, 0.05) is 24.1 Å². The largest absolute Gasteiger partial charge is 0.379 e. The first-order valence-electron chi connectivity index (χ1n) is 7.88. The number of pyridine rings is 1. The van der Waals surface area contributed by atoms with Crippen LogP contribution in [0.2, 0.25) is 5.15 Å². The van der Waals surface area contributed by atoms with Crippen molar-refractivity contribution in [1.29, 1.82) is 0 Å². The molecule has 4 heterocycles. The molecule has 1 aliphatic rings. The second-order valence-electron chi connectivity index (χ2n) is 5.74. The molecule has 126 valence electrons. The topological polar surface area (TPSA) is 34.1 Å². The summed E-state index contributed by atoms with van der Waals surface area (Å²) < 4.78 is 8.12. The van der Waals surface area contributed by atoms with Crippen molar-refractivity contribution in [3.05, 3.63) is 43.0 Å². The van der Waals surface area contributed by atoms with Gasteiger partial charge in [0.05, 0.1) is 31.4 Å². The fourth-order valence-corrected chi connectivity index (χ4v) is 5.87. The van der Waals surface area contributed by atoms with Crippen LogP contribution in [-0.4, -0.2) is 11.6 Å². The number of halogens is 2. The SMILES string of the molecule is Clc1cc(NCc2cccs2)c2sc([C@@H]3CCCCO3)c(Br)c2n1. The van der Waals surface area contributed by atoms with Crippen molar-refractivity contribution in [2.24, 2.45) is 0 Å². The van der Waals surface area contributed by atoms with Crippen LogP contribution in [0.15, 0.2) is 28.1 Å². The lowest BCUT2D eigenvalue weighted by atomic mass is 10.1. The van der Waals surface area contributed by atoms with E-state index in [1.54, 1.807) is 22.7 Å². The number of hydrogen-bond acceptors (Lipinski definition) is 5. The number of rotatable bonds is 4. The van der Waals surface area contributed by atoms with Gasteiger partial charge < -0.3 is 10.1 Å². The Hall–Kier alpha value is -0.660. The second kappa shape index (κ2) is 7.30. The van der Waals surface area contributed by atoms with Gasteiger partial charge in [-0.1, -0.05) is 17.7 Å². The summed E-state index contributed by atoms with van der Waals surface area (Å²) in [6, 6.07) is 6.10. The van der Waals surface area contributed by atoms with Crippen LogP contribution in [0.5, 0.6) is 0 Å². The predicted octanol–water partition coefficient (Wildman–Crippen LogP) is 6.63. The quantitative estimate of drug-likeness (QED) is 0.460. The fourth-order valence-electron chi connectivity index (χ4n) is 2.91. The molecule has 3 aromatic rings. The number of ether oxygens (including phenoxy) is 1. The van der Waals surface area contributed by atoms with Gasteiger partial charge in [0.25, 0.3) is 0 Å². The molecule has 1 fully saturated rings. The van der Waals surface area contributed by atoms with E-state index in [0.29, 0.717) is 5.15 Å². The van der Waals surface area contributed by atoms with Gasteiger partial charge in [-0.05, 0) is 46.6 Å². The van der Waals surface area contributed by atoms with E-state index in [1.165, 1.54) is 16.2 Å². The summed E-state index contributed by atoms with van der Waals surface area (Å²) in [5.74, 6) is 0. The third kappa shape index (κ3) is 3.35. The van der Waals surface area contributed by atoms with Crippen molar-refractivity contribution in [2.45, 2.75) is 31.9 Å². The summed E-state index contributed by atoms with van der Waals surface area (Å²) in [5.41, 5.74) is 1.96. The van der Waals surface area contributed by atoms with Crippen molar-refractivity contribution in [2.75, 3.05) is 11.9 Å². The molecule has 1 aliphatic heterocycles. The highest BCUT2D eigenvalue weighted by molar-refractivity contribution is 9.10. The van der Waals surface area contributed by atoms with Crippen molar-refractivity contribution >= 4 is 66.1 Å². The van der Waals surface area contributed by atoms with Gasteiger partial charge in [0.1, 0.15) is 5.15 Å². The minimum Gasteiger partial charge on any atom is -0.379 e. The smallest absolute Gasteiger partial charge is 0.131 e. The Morgan fingerprint density at radius 2 is 2.33 bits per heavy atom. The summed E-state index contributed by atoms with van der Waals surface area (Å²) >= 11 is 13.5. The maximum absolute atomic E-state index is 6.26. The molecule has 1 N–H and O–H groups in total. The van der Waals surface area contributed by atoms with Crippen LogP contribution in [0.4, 0.5) is 5.69 Å². The molecular formula is C17H16BrClN2OS2. The Morgan fingerprint density at radius 1 is 1.42 bits per heavy atom. The van der Waals surface area contributed by atoms with Crippen molar-refractivity contribution < 1.29 is 4.74 Å². The van der Waals surface area contributed by atoms with Gasteiger partial charge in [-0.3, -0.25) is 0 Å². The number of nitrogens with one attached hydrogen (secondary N) is 1. The normalized spacial score (nSPS) is 18.2. The average molecular weight is 444 g/mol. The highest BCUT2D eigenvalue weighted by Crippen LogP contribution is 2.45. The van der Waals surface area contributed by atoms with E-state index in [9.17, 15) is 0 Å². The number of aromatic nitrogens is 1. The van der Waals surface area contributed by atoms with Gasteiger partial charge in [0.2, 0.25) is 0 Å². The van der Waals surface area contributed by atoms with Crippen LogP contribution in [0, 0.1) is 0 Å². The molecule has 0 saturated carbocycles. The minimum atomic E-state index is 0.163. The Balaban J connectivity index is 1.70. The fraction of sp³-hybridized carbons (Fsp3) is 0.353. The highest BCUT2D eigenvalue weighted by atomic mass is 79.9. The molecule has 3 aromatic heterocycles. The molecule has 1 saturated heterocycles. The molecule has 0 unspecified atom stereocenters. The third-order valence-corrected chi connectivity index (χ3v) is 7.52. The summed E-state index contributed by atoms with van der Waals surface area (Å²) in [6.45, 7) is 1.63. The average Bonchev–Trinajstić information content (AvgIpc) is 3.22. The van der Waals surface area contributed by atoms with E-state index in [2.05, 4.69) is 43.7 Å². The van der Waals surface area contributed by atoms with Crippen molar-refractivity contribution in [1.82, 2.24) is 4.98 Å². The summed E-state index contributed by atoms with van der Waals surface area (Å²) in [4.78, 5) is 7.05. The van der Waals surface area contributed by atoms with Crippen LogP contribution in [0.3, 0.4) is 0 Å². The summed E-state index contributed by atoms with van der Waals surface area (Å²) in [6.07, 6.45) is 3.59. The molecule has 0 aliphatic carbocycles. The molecule has 4 rings (SSSR count). The molecule has 0 spiro atoms. The minimum absolute atomic E-state index is 0.163. The molecule has 3 nitrogen and oxygen atoms in total. The number of thiophene rings is 2. The van der Waals surface area contributed by atoms with Gasteiger partial charge >= 0.3 is 0 Å². The maximum Gasteiger partial charge on any atom is 0.131 e. The van der Waals surface area contributed by atoms with E-state index in [-0.39, 0.29) is 6.10 Å². The zero-order chi connectivity index (χ0) is 16.5. The van der Waals surface area contributed by atoms with Crippen LogP contribution >= 0.6 is 50.2 Å². The molecule has 1 atom stereocenters. The Bertz CT molecular complexity index is 844. The van der Waals surface area contributed by atoms with E-state index in [4.69, 9.17) is 16.3 Å². The molecule has 0 bridgehead atoms. The lowest BCUT2D eigenvalue weighted by Gasteiger charge is -2.21. The predicted molar refractivity (Wildman–Crippen MR) is 107 cm³/mol. The standard InChI is InChI=1S/C17H16BrClN2OS2/c18-14-15-16(24-17(14)12-5-1-2-6-22-12)11(8-13(19)21-15)20-9-10-4-3-7-23-10/h3-4,7-8,12H,1-2,5-6,9H2,(H,20,21)/t12-/m0/s1. The lowest BCUT2D eigenvalue weighted by molar-refractivity contribution is 0.0168. The number of anilines is 1. The van der Waals surface area contributed by atoms with Gasteiger partial charge in [0.15, 0.2) is 0 Å². The first kappa shape index (κ1) is 16.8. The summed E-state index contributed by atoms with van der Waals surface area (Å²) in [5, 5.41) is 6.10. The van der Waals surface area contributed by atoms with E-state index < -0.39 is 0 Å². The zero-order valence-electron chi connectivity index (χ0n) is 12.9. The first-order valence-corrected chi connectivity index (χ1v) is 10.8. The van der Waals surface area contributed by atoms with Crippen molar-refractivity contribution in [3.8, 4) is 0 Å². The van der Waals surface area contributed by atoms with Gasteiger partial charge in [-0.25, -0.2) is 4.98 Å². The lowest BCUT2D eigenvalue weighted by Crippen LogP contribution is -2.10. The second-order valence-corrected chi connectivity index (χ2v) is 9.00. The highest BCUT2D eigenvalue weighted by Gasteiger charge is 2.24.